The second kappa shape index (κ2) is 7.38. The van der Waals surface area contributed by atoms with Gasteiger partial charge in [-0.2, -0.15) is 0 Å². The monoisotopic (exact) mass is 320 g/mol. The van der Waals surface area contributed by atoms with Crippen molar-refractivity contribution in [1.82, 2.24) is 4.98 Å². The van der Waals surface area contributed by atoms with Crippen LogP contribution in [-0.4, -0.2) is 11.6 Å². The van der Waals surface area contributed by atoms with Gasteiger partial charge < -0.3 is 10.5 Å². The van der Waals surface area contributed by atoms with Crippen LogP contribution in [0.2, 0.25) is 0 Å². The summed E-state index contributed by atoms with van der Waals surface area (Å²) < 4.78 is 6.73. The number of halogens is 1. The molecular weight excluding hydrogens is 304 g/mol. The number of hydrogen-bond donors (Lipinski definition) is 1. The van der Waals surface area contributed by atoms with Crippen LogP contribution in [0.25, 0.3) is 0 Å². The minimum absolute atomic E-state index is 0.555. The van der Waals surface area contributed by atoms with Crippen LogP contribution >= 0.6 is 15.9 Å². The Morgan fingerprint density at radius 1 is 1.21 bits per heavy atom. The Morgan fingerprint density at radius 2 is 2.11 bits per heavy atom. The Kier molecular flexibility index (Phi) is 5.51. The number of hydrogen-bond acceptors (Lipinski definition) is 3. The Balaban J connectivity index is 1.80. The standard InChI is InChI=1S/C15H17BrN2O/c16-15-9-12(10-17)4-5-13(15)11-19-8-6-14-3-1-2-7-18-14/h1-5,7,9H,6,8,10-11,17H2. The second-order valence-electron chi connectivity index (χ2n) is 4.25. The maximum atomic E-state index is 5.68. The lowest BCUT2D eigenvalue weighted by Crippen LogP contribution is -2.02. The molecule has 0 bridgehead atoms. The molecule has 0 unspecified atom stereocenters. The van der Waals surface area contributed by atoms with Gasteiger partial charge in [-0.1, -0.05) is 34.1 Å². The normalized spacial score (nSPS) is 10.6. The summed E-state index contributed by atoms with van der Waals surface area (Å²) in [5.41, 5.74) is 8.90. The molecule has 100 valence electrons. The topological polar surface area (TPSA) is 48.1 Å². The first-order valence-electron chi connectivity index (χ1n) is 6.24. The van der Waals surface area contributed by atoms with Gasteiger partial charge in [0.1, 0.15) is 0 Å². The van der Waals surface area contributed by atoms with Crippen molar-refractivity contribution in [2.45, 2.75) is 19.6 Å². The number of aromatic nitrogens is 1. The summed E-state index contributed by atoms with van der Waals surface area (Å²) in [5, 5.41) is 0. The van der Waals surface area contributed by atoms with Crippen molar-refractivity contribution in [3.63, 3.8) is 0 Å². The van der Waals surface area contributed by atoms with E-state index in [-0.39, 0.29) is 0 Å². The van der Waals surface area contributed by atoms with E-state index in [0.717, 1.165) is 27.7 Å². The fourth-order valence-corrected chi connectivity index (χ4v) is 2.28. The van der Waals surface area contributed by atoms with Crippen molar-refractivity contribution in [3.8, 4) is 0 Å². The Labute approximate surface area is 121 Å². The first-order chi connectivity index (χ1) is 9.29. The first-order valence-corrected chi connectivity index (χ1v) is 7.04. The summed E-state index contributed by atoms with van der Waals surface area (Å²) in [6.45, 7) is 1.82. The molecule has 0 fully saturated rings. The van der Waals surface area contributed by atoms with Gasteiger partial charge in [-0.15, -0.1) is 0 Å². The minimum atomic E-state index is 0.555. The number of nitrogens with two attached hydrogens (primary N) is 1. The highest BCUT2D eigenvalue weighted by Crippen LogP contribution is 2.19. The first kappa shape index (κ1) is 14.2. The molecule has 0 atom stereocenters. The van der Waals surface area contributed by atoms with Crippen LogP contribution in [0.1, 0.15) is 16.8 Å². The average molecular weight is 321 g/mol. The van der Waals surface area contributed by atoms with Gasteiger partial charge in [0, 0.05) is 29.3 Å². The van der Waals surface area contributed by atoms with E-state index in [1.165, 1.54) is 0 Å². The molecule has 2 rings (SSSR count). The molecule has 1 aromatic heterocycles. The fourth-order valence-electron chi connectivity index (χ4n) is 1.74. The number of ether oxygens (including phenoxy) is 1. The molecule has 0 saturated carbocycles. The van der Waals surface area contributed by atoms with E-state index in [9.17, 15) is 0 Å². The average Bonchev–Trinajstić information content (AvgIpc) is 2.46. The summed E-state index contributed by atoms with van der Waals surface area (Å²) in [7, 11) is 0. The molecule has 0 aliphatic rings. The molecule has 0 radical (unpaired) electrons. The lowest BCUT2D eigenvalue weighted by atomic mass is 10.1. The highest BCUT2D eigenvalue weighted by molar-refractivity contribution is 9.10. The van der Waals surface area contributed by atoms with Crippen LogP contribution in [0.4, 0.5) is 0 Å². The lowest BCUT2D eigenvalue weighted by Gasteiger charge is -2.07. The molecule has 3 nitrogen and oxygen atoms in total. The van der Waals surface area contributed by atoms with E-state index >= 15 is 0 Å². The van der Waals surface area contributed by atoms with Gasteiger partial charge in [0.25, 0.3) is 0 Å². The van der Waals surface area contributed by atoms with Crippen LogP contribution in [0.3, 0.4) is 0 Å². The third-order valence-corrected chi connectivity index (χ3v) is 3.58. The predicted octanol–water partition coefficient (Wildman–Crippen LogP) is 3.06. The molecule has 2 N–H and O–H groups in total. The van der Waals surface area contributed by atoms with E-state index in [0.29, 0.717) is 19.8 Å². The quantitative estimate of drug-likeness (QED) is 0.832. The zero-order valence-corrected chi connectivity index (χ0v) is 12.3. The van der Waals surface area contributed by atoms with Gasteiger partial charge in [0.15, 0.2) is 0 Å². The highest BCUT2D eigenvalue weighted by Gasteiger charge is 2.01. The van der Waals surface area contributed by atoms with E-state index in [2.05, 4.69) is 20.9 Å². The predicted molar refractivity (Wildman–Crippen MR) is 79.6 cm³/mol. The molecule has 0 saturated heterocycles. The van der Waals surface area contributed by atoms with Crippen molar-refractivity contribution >= 4 is 15.9 Å². The number of pyridine rings is 1. The maximum absolute atomic E-state index is 5.68. The molecule has 2 aromatic rings. The number of nitrogens with zero attached hydrogens (tertiary/aromatic N) is 1. The SMILES string of the molecule is NCc1ccc(COCCc2ccccn2)c(Br)c1. The maximum Gasteiger partial charge on any atom is 0.0727 e. The lowest BCUT2D eigenvalue weighted by molar-refractivity contribution is 0.123. The van der Waals surface area contributed by atoms with Crippen LogP contribution in [-0.2, 0) is 24.3 Å². The van der Waals surface area contributed by atoms with Crippen molar-refractivity contribution in [2.24, 2.45) is 5.73 Å². The third-order valence-electron chi connectivity index (χ3n) is 2.84. The van der Waals surface area contributed by atoms with E-state index in [1.54, 1.807) is 6.20 Å². The molecule has 19 heavy (non-hydrogen) atoms. The molecule has 1 aromatic carbocycles. The number of benzene rings is 1. The zero-order valence-electron chi connectivity index (χ0n) is 10.7. The van der Waals surface area contributed by atoms with E-state index in [4.69, 9.17) is 10.5 Å². The molecule has 0 amide bonds. The van der Waals surface area contributed by atoms with Crippen molar-refractivity contribution < 1.29 is 4.74 Å². The van der Waals surface area contributed by atoms with Crippen LogP contribution in [0.5, 0.6) is 0 Å². The highest BCUT2D eigenvalue weighted by atomic mass is 79.9. The Hall–Kier alpha value is -1.23. The molecule has 1 heterocycles. The number of rotatable bonds is 6. The van der Waals surface area contributed by atoms with Crippen LogP contribution in [0.15, 0.2) is 47.1 Å². The minimum Gasteiger partial charge on any atom is -0.376 e. The summed E-state index contributed by atoms with van der Waals surface area (Å²) in [4.78, 5) is 4.26. The van der Waals surface area contributed by atoms with Crippen molar-refractivity contribution in [1.29, 1.82) is 0 Å². The molecule has 4 heteroatoms. The smallest absolute Gasteiger partial charge is 0.0727 e. The summed E-state index contributed by atoms with van der Waals surface area (Å²) in [5.74, 6) is 0. The Morgan fingerprint density at radius 3 is 2.79 bits per heavy atom. The zero-order chi connectivity index (χ0) is 13.5. The largest absolute Gasteiger partial charge is 0.376 e. The van der Waals surface area contributed by atoms with Gasteiger partial charge in [-0.05, 0) is 29.3 Å². The second-order valence-corrected chi connectivity index (χ2v) is 5.11. The molecular formula is C15H17BrN2O. The molecule has 0 aliphatic carbocycles. The van der Waals surface area contributed by atoms with Crippen molar-refractivity contribution in [3.05, 3.63) is 63.9 Å². The summed E-state index contributed by atoms with van der Waals surface area (Å²) in [6, 6.07) is 12.0. The van der Waals surface area contributed by atoms with E-state index in [1.807, 2.05) is 36.4 Å². The van der Waals surface area contributed by atoms with Crippen LogP contribution < -0.4 is 5.73 Å². The van der Waals surface area contributed by atoms with Gasteiger partial charge >= 0.3 is 0 Å². The summed E-state index contributed by atoms with van der Waals surface area (Å²) >= 11 is 3.54. The van der Waals surface area contributed by atoms with Crippen molar-refractivity contribution in [2.75, 3.05) is 6.61 Å². The van der Waals surface area contributed by atoms with Gasteiger partial charge in [0.2, 0.25) is 0 Å². The van der Waals surface area contributed by atoms with Crippen LogP contribution in [0, 0.1) is 0 Å². The molecule has 0 spiro atoms. The Bertz CT molecular complexity index is 517. The third kappa shape index (κ3) is 4.42. The van der Waals surface area contributed by atoms with Gasteiger partial charge in [-0.3, -0.25) is 4.98 Å². The fraction of sp³-hybridized carbons (Fsp3) is 0.267. The molecule has 0 aliphatic heterocycles. The van der Waals surface area contributed by atoms with Gasteiger partial charge in [-0.25, -0.2) is 0 Å². The van der Waals surface area contributed by atoms with E-state index < -0.39 is 0 Å². The summed E-state index contributed by atoms with van der Waals surface area (Å²) in [6.07, 6.45) is 2.64. The van der Waals surface area contributed by atoms with Gasteiger partial charge in [0.05, 0.1) is 13.2 Å².